The van der Waals surface area contributed by atoms with E-state index in [-0.39, 0.29) is 5.91 Å². The Balaban J connectivity index is 2.11. The molecule has 0 aliphatic heterocycles. The van der Waals surface area contributed by atoms with Crippen LogP contribution in [0.4, 0.5) is 5.69 Å². The molecule has 0 aliphatic rings. The first-order chi connectivity index (χ1) is 10.0. The molecule has 114 valence electrons. The summed E-state index contributed by atoms with van der Waals surface area (Å²) in [6.45, 7) is 4.34. The lowest BCUT2D eigenvalue weighted by Gasteiger charge is -2.09. The predicted octanol–water partition coefficient (Wildman–Crippen LogP) is 2.29. The van der Waals surface area contributed by atoms with Crippen LogP contribution in [0.1, 0.15) is 26.7 Å². The molecular formula is C14H19N3O2S2. The molecule has 0 saturated carbocycles. The third-order valence-corrected chi connectivity index (χ3v) is 5.93. The van der Waals surface area contributed by atoms with E-state index in [0.717, 1.165) is 23.1 Å². The Morgan fingerprint density at radius 3 is 3.00 bits per heavy atom. The van der Waals surface area contributed by atoms with E-state index in [9.17, 15) is 9.00 Å². The molecular weight excluding hydrogens is 306 g/mol. The van der Waals surface area contributed by atoms with Crippen molar-refractivity contribution in [3.8, 4) is 0 Å². The van der Waals surface area contributed by atoms with Gasteiger partial charge in [-0.05, 0) is 31.5 Å². The number of rotatable bonds is 6. The van der Waals surface area contributed by atoms with Crippen LogP contribution in [0.5, 0.6) is 0 Å². The lowest BCUT2D eigenvalue weighted by molar-refractivity contribution is -0.120. The van der Waals surface area contributed by atoms with E-state index < -0.39 is 16.0 Å². The first-order valence-corrected chi connectivity index (χ1v) is 8.90. The second-order valence-electron chi connectivity index (χ2n) is 4.79. The molecule has 2 atom stereocenters. The number of carbonyl (C=O) groups excluding carboxylic acids is 1. The van der Waals surface area contributed by atoms with Crippen molar-refractivity contribution in [1.29, 1.82) is 0 Å². The number of nitrogen functional groups attached to an aromatic ring is 1. The van der Waals surface area contributed by atoms with Crippen LogP contribution in [0.2, 0.25) is 0 Å². The molecule has 0 fully saturated rings. The zero-order valence-corrected chi connectivity index (χ0v) is 13.7. The van der Waals surface area contributed by atoms with E-state index >= 15 is 0 Å². The molecule has 2 aromatic rings. The first kappa shape index (κ1) is 15.9. The summed E-state index contributed by atoms with van der Waals surface area (Å²) in [5.41, 5.74) is 7.13. The Hall–Kier alpha value is -1.47. The zero-order valence-electron chi connectivity index (χ0n) is 12.1. The molecule has 5 nitrogen and oxygen atoms in total. The average Bonchev–Trinajstić information content (AvgIpc) is 2.88. The summed E-state index contributed by atoms with van der Waals surface area (Å²) >= 11 is 1.32. The van der Waals surface area contributed by atoms with Crippen molar-refractivity contribution in [1.82, 2.24) is 10.3 Å². The SMILES string of the molecule is CCCCNC(=O)C(C)S(=O)c1nc2ccc(N)cc2s1. The van der Waals surface area contributed by atoms with Crippen molar-refractivity contribution >= 4 is 43.9 Å². The third-order valence-electron chi connectivity index (χ3n) is 3.08. The number of carbonyl (C=O) groups is 1. The molecule has 0 radical (unpaired) electrons. The maximum absolute atomic E-state index is 12.4. The molecule has 21 heavy (non-hydrogen) atoms. The molecule has 1 aromatic carbocycles. The number of nitrogens with zero attached hydrogens (tertiary/aromatic N) is 1. The van der Waals surface area contributed by atoms with Crippen LogP contribution in [-0.4, -0.2) is 26.9 Å². The van der Waals surface area contributed by atoms with Gasteiger partial charge in [0.05, 0.1) is 21.0 Å². The van der Waals surface area contributed by atoms with Gasteiger partial charge in [0, 0.05) is 12.2 Å². The molecule has 0 aliphatic carbocycles. The highest BCUT2D eigenvalue weighted by Crippen LogP contribution is 2.27. The smallest absolute Gasteiger partial charge is 0.235 e. The molecule has 1 aromatic heterocycles. The minimum Gasteiger partial charge on any atom is -0.399 e. The fourth-order valence-electron chi connectivity index (χ4n) is 1.79. The number of aromatic nitrogens is 1. The standard InChI is InChI=1S/C14H19N3O2S2/c1-3-4-7-16-13(18)9(2)21(19)14-17-11-6-5-10(15)8-12(11)20-14/h5-6,8-9H,3-4,7,15H2,1-2H3,(H,16,18). The number of unbranched alkanes of at least 4 members (excludes halogenated alkanes) is 1. The average molecular weight is 325 g/mol. The minimum atomic E-state index is -1.45. The molecule has 1 heterocycles. The van der Waals surface area contributed by atoms with Gasteiger partial charge in [-0.3, -0.25) is 9.00 Å². The van der Waals surface area contributed by atoms with Crippen molar-refractivity contribution in [3.63, 3.8) is 0 Å². The fraction of sp³-hybridized carbons (Fsp3) is 0.429. The van der Waals surface area contributed by atoms with E-state index in [1.165, 1.54) is 11.3 Å². The highest BCUT2D eigenvalue weighted by atomic mass is 32.2. The van der Waals surface area contributed by atoms with Crippen molar-refractivity contribution in [2.24, 2.45) is 0 Å². The molecule has 1 amide bonds. The van der Waals surface area contributed by atoms with Gasteiger partial charge in [-0.25, -0.2) is 4.98 Å². The Morgan fingerprint density at radius 1 is 1.52 bits per heavy atom. The molecule has 0 bridgehead atoms. The van der Waals surface area contributed by atoms with E-state index in [2.05, 4.69) is 17.2 Å². The van der Waals surface area contributed by atoms with E-state index in [1.54, 1.807) is 25.1 Å². The van der Waals surface area contributed by atoms with Crippen LogP contribution >= 0.6 is 11.3 Å². The van der Waals surface area contributed by atoms with Gasteiger partial charge in [-0.15, -0.1) is 11.3 Å². The summed E-state index contributed by atoms with van der Waals surface area (Å²) in [5.74, 6) is -0.194. The van der Waals surface area contributed by atoms with E-state index in [4.69, 9.17) is 5.73 Å². The van der Waals surface area contributed by atoms with E-state index in [1.807, 2.05) is 0 Å². The number of anilines is 1. The van der Waals surface area contributed by atoms with Crippen LogP contribution in [-0.2, 0) is 15.6 Å². The molecule has 0 saturated heterocycles. The maximum Gasteiger partial charge on any atom is 0.235 e. The minimum absolute atomic E-state index is 0.194. The number of hydrogen-bond donors (Lipinski definition) is 2. The van der Waals surface area contributed by atoms with Gasteiger partial charge in [-0.1, -0.05) is 13.3 Å². The van der Waals surface area contributed by atoms with Crippen LogP contribution in [0.3, 0.4) is 0 Å². The van der Waals surface area contributed by atoms with Crippen LogP contribution < -0.4 is 11.1 Å². The number of benzene rings is 1. The summed E-state index contributed by atoms with van der Waals surface area (Å²) in [7, 11) is -1.45. The van der Waals surface area contributed by atoms with E-state index in [0.29, 0.717) is 16.6 Å². The highest BCUT2D eigenvalue weighted by Gasteiger charge is 2.23. The number of amides is 1. The Morgan fingerprint density at radius 2 is 2.29 bits per heavy atom. The largest absolute Gasteiger partial charge is 0.399 e. The Bertz CT molecular complexity index is 669. The quantitative estimate of drug-likeness (QED) is 0.630. The highest BCUT2D eigenvalue weighted by molar-refractivity contribution is 7.88. The molecule has 3 N–H and O–H groups in total. The Labute approximate surface area is 130 Å². The van der Waals surface area contributed by atoms with Crippen molar-refractivity contribution in [3.05, 3.63) is 18.2 Å². The molecule has 7 heteroatoms. The van der Waals surface area contributed by atoms with Gasteiger partial charge < -0.3 is 11.1 Å². The predicted molar refractivity (Wildman–Crippen MR) is 87.8 cm³/mol. The maximum atomic E-state index is 12.4. The summed E-state index contributed by atoms with van der Waals surface area (Å²) in [6, 6.07) is 5.36. The normalized spacial score (nSPS) is 14.0. The first-order valence-electron chi connectivity index (χ1n) is 6.87. The number of thiazole rings is 1. The number of nitrogens with two attached hydrogens (primary N) is 1. The van der Waals surface area contributed by atoms with Gasteiger partial charge in [-0.2, -0.15) is 0 Å². The second-order valence-corrected chi connectivity index (χ2v) is 7.77. The summed E-state index contributed by atoms with van der Waals surface area (Å²) in [5, 5.41) is 2.19. The summed E-state index contributed by atoms with van der Waals surface area (Å²) in [4.78, 5) is 16.3. The van der Waals surface area contributed by atoms with Crippen LogP contribution in [0.25, 0.3) is 10.2 Å². The topological polar surface area (TPSA) is 85.1 Å². The molecule has 2 unspecified atom stereocenters. The number of nitrogens with one attached hydrogen (secondary N) is 1. The summed E-state index contributed by atoms with van der Waals surface area (Å²) in [6.07, 6.45) is 1.93. The molecule has 0 spiro atoms. The van der Waals surface area contributed by atoms with Crippen molar-refractivity contribution < 1.29 is 9.00 Å². The van der Waals surface area contributed by atoms with Crippen LogP contribution in [0, 0.1) is 0 Å². The summed E-state index contributed by atoms with van der Waals surface area (Å²) < 4.78 is 13.8. The van der Waals surface area contributed by atoms with Gasteiger partial charge >= 0.3 is 0 Å². The Kier molecular flexibility index (Phi) is 5.30. The van der Waals surface area contributed by atoms with Crippen molar-refractivity contribution in [2.45, 2.75) is 36.3 Å². The number of hydrogen-bond acceptors (Lipinski definition) is 5. The third kappa shape index (κ3) is 3.79. The second kappa shape index (κ2) is 7.00. The lowest BCUT2D eigenvalue weighted by atomic mass is 10.3. The van der Waals surface area contributed by atoms with Gasteiger partial charge in [0.25, 0.3) is 0 Å². The fourth-order valence-corrected chi connectivity index (χ4v) is 4.33. The monoisotopic (exact) mass is 325 g/mol. The van der Waals surface area contributed by atoms with Gasteiger partial charge in [0.2, 0.25) is 5.91 Å². The van der Waals surface area contributed by atoms with Gasteiger partial charge in [0.1, 0.15) is 5.25 Å². The molecule has 2 rings (SSSR count). The number of fused-ring (bicyclic) bond motifs is 1. The van der Waals surface area contributed by atoms with Crippen molar-refractivity contribution in [2.75, 3.05) is 12.3 Å². The van der Waals surface area contributed by atoms with Crippen LogP contribution in [0.15, 0.2) is 22.5 Å². The van der Waals surface area contributed by atoms with Gasteiger partial charge in [0.15, 0.2) is 4.34 Å². The lowest BCUT2D eigenvalue weighted by Crippen LogP contribution is -2.35. The zero-order chi connectivity index (χ0) is 15.4.